The van der Waals surface area contributed by atoms with Gasteiger partial charge in [0.05, 0.1) is 0 Å². The molecule has 0 spiro atoms. The van der Waals surface area contributed by atoms with Crippen molar-refractivity contribution in [3.8, 4) is 0 Å². The molecule has 1 fully saturated rings. The molecule has 2 aliphatic heterocycles. The van der Waals surface area contributed by atoms with Crippen LogP contribution in [-0.2, 0) is 14.4 Å². The van der Waals surface area contributed by atoms with Gasteiger partial charge in [0, 0.05) is 29.7 Å². The minimum absolute atomic E-state index is 0.103. The van der Waals surface area contributed by atoms with Gasteiger partial charge < -0.3 is 16.2 Å². The van der Waals surface area contributed by atoms with E-state index in [4.69, 9.17) is 5.73 Å². The number of anilines is 1. The van der Waals surface area contributed by atoms with Gasteiger partial charge in [-0.2, -0.15) is 0 Å². The third-order valence-electron chi connectivity index (χ3n) is 7.00. The Bertz CT molecular complexity index is 935. The number of imide groups is 1. The van der Waals surface area contributed by atoms with Crippen LogP contribution in [-0.4, -0.2) is 46.2 Å². The van der Waals surface area contributed by atoms with E-state index in [1.807, 2.05) is 0 Å². The molecule has 3 rings (SSSR count). The summed E-state index contributed by atoms with van der Waals surface area (Å²) >= 11 is 0. The lowest BCUT2D eigenvalue weighted by atomic mass is 10.0. The first kappa shape index (κ1) is 27.8. The summed E-state index contributed by atoms with van der Waals surface area (Å²) in [5.41, 5.74) is 6.65. The van der Waals surface area contributed by atoms with Crippen LogP contribution in [0, 0.1) is 0 Å². The number of nitrogens with one attached hydrogen (secondary N) is 2. The molecular formula is C27H40N4O5. The maximum absolute atomic E-state index is 12.8. The van der Waals surface area contributed by atoms with Crippen LogP contribution in [0.4, 0.5) is 5.69 Å². The standard InChI is InChI=1S/C27H40N4O5/c28-17-11-9-7-5-3-1-2-4-6-8-10-12-23(32)29-19-13-14-20-21(18-19)27(36)31(26(20)35)22-15-16-24(33)30-25(22)34/h13-14,18,22,27,36H,1-12,15-17,28H2,(H,29,32)(H,30,33,34). The molecule has 1 saturated heterocycles. The van der Waals surface area contributed by atoms with Crippen LogP contribution in [0.1, 0.15) is 112 Å². The Labute approximate surface area is 213 Å². The number of carbonyl (C=O) groups is 4. The van der Waals surface area contributed by atoms with Gasteiger partial charge in [0.2, 0.25) is 17.7 Å². The number of nitrogens with two attached hydrogens (primary N) is 1. The number of hydrogen-bond acceptors (Lipinski definition) is 6. The summed E-state index contributed by atoms with van der Waals surface area (Å²) in [6, 6.07) is 3.86. The predicted molar refractivity (Wildman–Crippen MR) is 137 cm³/mol. The van der Waals surface area contributed by atoms with Crippen molar-refractivity contribution in [2.45, 2.75) is 102 Å². The Morgan fingerprint density at radius 2 is 1.58 bits per heavy atom. The Balaban J connectivity index is 1.36. The van der Waals surface area contributed by atoms with Crippen LogP contribution in [0.25, 0.3) is 0 Å². The fraction of sp³-hybridized carbons (Fsp3) is 0.630. The Morgan fingerprint density at radius 3 is 2.19 bits per heavy atom. The maximum Gasteiger partial charge on any atom is 0.257 e. The summed E-state index contributed by atoms with van der Waals surface area (Å²) in [6.07, 6.45) is 12.3. The monoisotopic (exact) mass is 500 g/mol. The van der Waals surface area contributed by atoms with E-state index in [1.165, 1.54) is 44.9 Å². The number of piperidine rings is 1. The van der Waals surface area contributed by atoms with Gasteiger partial charge in [0.25, 0.3) is 5.91 Å². The second-order valence-electron chi connectivity index (χ2n) is 9.83. The number of amides is 4. The molecule has 5 N–H and O–H groups in total. The zero-order valence-corrected chi connectivity index (χ0v) is 21.1. The minimum Gasteiger partial charge on any atom is -0.369 e. The van der Waals surface area contributed by atoms with Crippen LogP contribution in [0.2, 0.25) is 0 Å². The molecule has 2 unspecified atom stereocenters. The van der Waals surface area contributed by atoms with Gasteiger partial charge in [-0.1, -0.05) is 57.8 Å². The predicted octanol–water partition coefficient (Wildman–Crippen LogP) is 3.52. The second kappa shape index (κ2) is 14.1. The first-order chi connectivity index (χ1) is 17.4. The van der Waals surface area contributed by atoms with Gasteiger partial charge >= 0.3 is 0 Å². The average molecular weight is 501 g/mol. The van der Waals surface area contributed by atoms with E-state index in [0.717, 1.165) is 37.1 Å². The summed E-state index contributed by atoms with van der Waals surface area (Å²) in [5.74, 6) is -1.53. The number of nitrogens with zero attached hydrogens (tertiary/aromatic N) is 1. The van der Waals surface area contributed by atoms with Crippen molar-refractivity contribution < 1.29 is 24.3 Å². The zero-order chi connectivity index (χ0) is 25.9. The second-order valence-corrected chi connectivity index (χ2v) is 9.83. The number of rotatable bonds is 15. The highest BCUT2D eigenvalue weighted by Gasteiger charge is 2.44. The molecule has 9 nitrogen and oxygen atoms in total. The lowest BCUT2D eigenvalue weighted by molar-refractivity contribution is -0.139. The average Bonchev–Trinajstić information content (AvgIpc) is 3.09. The van der Waals surface area contributed by atoms with Crippen molar-refractivity contribution in [2.75, 3.05) is 11.9 Å². The van der Waals surface area contributed by atoms with Crippen LogP contribution < -0.4 is 16.4 Å². The van der Waals surface area contributed by atoms with Crippen molar-refractivity contribution in [3.63, 3.8) is 0 Å². The highest BCUT2D eigenvalue weighted by atomic mass is 16.3. The number of hydrogen-bond donors (Lipinski definition) is 4. The number of unbranched alkanes of at least 4 members (excludes halogenated alkanes) is 10. The van der Waals surface area contributed by atoms with Crippen molar-refractivity contribution in [3.05, 3.63) is 29.3 Å². The normalized spacial score (nSPS) is 19.4. The molecule has 1 aromatic carbocycles. The highest BCUT2D eigenvalue weighted by Crippen LogP contribution is 2.36. The zero-order valence-electron chi connectivity index (χ0n) is 21.1. The lowest BCUT2D eigenvalue weighted by Crippen LogP contribution is -2.53. The molecule has 1 aromatic rings. The van der Waals surface area contributed by atoms with Crippen molar-refractivity contribution in [1.29, 1.82) is 0 Å². The largest absolute Gasteiger partial charge is 0.369 e. The van der Waals surface area contributed by atoms with E-state index >= 15 is 0 Å². The third-order valence-corrected chi connectivity index (χ3v) is 7.00. The van der Waals surface area contributed by atoms with Gasteiger partial charge in [-0.05, 0) is 44.0 Å². The van der Waals surface area contributed by atoms with E-state index in [0.29, 0.717) is 23.2 Å². The molecule has 36 heavy (non-hydrogen) atoms. The number of carbonyl (C=O) groups excluding carboxylic acids is 4. The Kier molecular flexibility index (Phi) is 10.9. The van der Waals surface area contributed by atoms with Crippen LogP contribution >= 0.6 is 0 Å². The van der Waals surface area contributed by atoms with Gasteiger partial charge in [-0.3, -0.25) is 29.4 Å². The molecule has 0 radical (unpaired) electrons. The van der Waals surface area contributed by atoms with Crippen LogP contribution in [0.5, 0.6) is 0 Å². The van der Waals surface area contributed by atoms with Gasteiger partial charge in [-0.15, -0.1) is 0 Å². The third kappa shape index (κ3) is 7.61. The SMILES string of the molecule is NCCCCCCCCCCCCCC(=O)Nc1ccc2c(c1)C(O)N(C1CCC(=O)NC1=O)C2=O. The molecule has 2 heterocycles. The number of benzene rings is 1. The molecule has 0 aromatic heterocycles. The molecule has 4 amide bonds. The topological polar surface area (TPSA) is 142 Å². The number of aliphatic hydroxyl groups is 1. The van der Waals surface area contributed by atoms with Gasteiger partial charge in [0.1, 0.15) is 6.04 Å². The summed E-state index contributed by atoms with van der Waals surface area (Å²) in [7, 11) is 0. The van der Waals surface area contributed by atoms with E-state index in [2.05, 4.69) is 10.6 Å². The summed E-state index contributed by atoms with van der Waals surface area (Å²) < 4.78 is 0. The summed E-state index contributed by atoms with van der Waals surface area (Å²) in [6.45, 7) is 0.792. The Hall–Kier alpha value is -2.78. The molecular weight excluding hydrogens is 460 g/mol. The molecule has 0 saturated carbocycles. The van der Waals surface area contributed by atoms with E-state index in [9.17, 15) is 24.3 Å². The van der Waals surface area contributed by atoms with Gasteiger partial charge in [0.15, 0.2) is 6.23 Å². The smallest absolute Gasteiger partial charge is 0.257 e. The lowest BCUT2D eigenvalue weighted by Gasteiger charge is -2.31. The van der Waals surface area contributed by atoms with Crippen molar-refractivity contribution in [2.24, 2.45) is 5.73 Å². The van der Waals surface area contributed by atoms with Crippen LogP contribution in [0.15, 0.2) is 18.2 Å². The van der Waals surface area contributed by atoms with E-state index < -0.39 is 24.1 Å². The molecule has 198 valence electrons. The quantitative estimate of drug-likeness (QED) is 0.214. The highest BCUT2D eigenvalue weighted by molar-refractivity contribution is 6.06. The van der Waals surface area contributed by atoms with E-state index in [1.54, 1.807) is 18.2 Å². The number of aliphatic hydroxyl groups excluding tert-OH is 1. The van der Waals surface area contributed by atoms with Gasteiger partial charge in [-0.25, -0.2) is 0 Å². The number of fused-ring (bicyclic) bond motifs is 1. The van der Waals surface area contributed by atoms with Crippen LogP contribution in [0.3, 0.4) is 0 Å². The fourth-order valence-corrected chi connectivity index (χ4v) is 4.95. The molecule has 2 aliphatic rings. The maximum atomic E-state index is 12.8. The Morgan fingerprint density at radius 1 is 0.972 bits per heavy atom. The van der Waals surface area contributed by atoms with E-state index in [-0.39, 0.29) is 24.7 Å². The molecule has 2 atom stereocenters. The molecule has 0 bridgehead atoms. The van der Waals surface area contributed by atoms with Crippen molar-refractivity contribution in [1.82, 2.24) is 10.2 Å². The first-order valence-corrected chi connectivity index (χ1v) is 13.4. The summed E-state index contributed by atoms with van der Waals surface area (Å²) in [4.78, 5) is 49.9. The fourth-order valence-electron chi connectivity index (χ4n) is 4.95. The summed E-state index contributed by atoms with van der Waals surface area (Å²) in [5, 5.41) is 15.8. The van der Waals surface area contributed by atoms with Crippen molar-refractivity contribution >= 4 is 29.3 Å². The molecule has 0 aliphatic carbocycles. The molecule has 9 heteroatoms. The minimum atomic E-state index is -1.31. The first-order valence-electron chi connectivity index (χ1n) is 13.4.